The van der Waals surface area contributed by atoms with Crippen molar-refractivity contribution >= 4 is 28.9 Å². The molecule has 9 nitrogen and oxygen atoms in total. The number of H-pyrrole nitrogens is 1. The van der Waals surface area contributed by atoms with E-state index in [2.05, 4.69) is 15.3 Å². The van der Waals surface area contributed by atoms with Crippen molar-refractivity contribution in [3.8, 4) is 0 Å². The largest absolute Gasteiger partial charge is 0.481 e. The first-order chi connectivity index (χ1) is 12.6. The van der Waals surface area contributed by atoms with Crippen molar-refractivity contribution in [2.24, 2.45) is 0 Å². The van der Waals surface area contributed by atoms with Crippen LogP contribution in [0.5, 0.6) is 0 Å². The van der Waals surface area contributed by atoms with E-state index in [0.717, 1.165) is 22.7 Å². The number of aromatic amines is 1. The molecule has 0 spiro atoms. The third-order valence-corrected chi connectivity index (χ3v) is 3.90. The zero-order valence-corrected chi connectivity index (χ0v) is 13.7. The highest BCUT2D eigenvalue weighted by molar-refractivity contribution is 5.90. The van der Waals surface area contributed by atoms with E-state index in [4.69, 9.17) is 10.3 Å². The maximum Gasteiger partial charge on any atom is 0.303 e. The van der Waals surface area contributed by atoms with E-state index in [9.17, 15) is 9.59 Å². The Bertz CT molecular complexity index is 926. The van der Waals surface area contributed by atoms with Gasteiger partial charge in [-0.15, -0.1) is 5.10 Å². The van der Waals surface area contributed by atoms with Crippen LogP contribution in [0.2, 0.25) is 0 Å². The lowest BCUT2D eigenvalue weighted by atomic mass is 10.1. The Labute approximate surface area is 147 Å². The maximum atomic E-state index is 11.1. The van der Waals surface area contributed by atoms with Crippen molar-refractivity contribution in [3.05, 3.63) is 54.0 Å². The fourth-order valence-corrected chi connectivity index (χ4v) is 2.68. The lowest BCUT2D eigenvalue weighted by Gasteiger charge is -2.14. The lowest BCUT2D eigenvalue weighted by molar-refractivity contribution is -0.137. The number of benzene rings is 1. The van der Waals surface area contributed by atoms with Gasteiger partial charge in [0.2, 0.25) is 0 Å². The number of hydrogen-bond donors (Lipinski definition) is 4. The zero-order valence-electron chi connectivity index (χ0n) is 13.7. The molecule has 134 valence electrons. The van der Waals surface area contributed by atoms with Gasteiger partial charge in [-0.1, -0.05) is 23.4 Å². The van der Waals surface area contributed by atoms with Crippen LogP contribution < -0.4 is 5.48 Å². The predicted octanol–water partition coefficient (Wildman–Crippen LogP) is 1.73. The van der Waals surface area contributed by atoms with Crippen LogP contribution >= 0.6 is 0 Å². The molecule has 0 aliphatic carbocycles. The first kappa shape index (κ1) is 17.4. The van der Waals surface area contributed by atoms with Gasteiger partial charge >= 0.3 is 5.97 Å². The van der Waals surface area contributed by atoms with Gasteiger partial charge in [-0.2, -0.15) is 0 Å². The van der Waals surface area contributed by atoms with Gasteiger partial charge < -0.3 is 10.1 Å². The van der Waals surface area contributed by atoms with E-state index in [1.165, 1.54) is 11.6 Å². The van der Waals surface area contributed by atoms with Crippen LogP contribution in [0, 0.1) is 0 Å². The monoisotopic (exact) mass is 355 g/mol. The van der Waals surface area contributed by atoms with Crippen LogP contribution in [0.15, 0.2) is 42.6 Å². The maximum absolute atomic E-state index is 11.1. The average molecular weight is 355 g/mol. The number of nitrogens with one attached hydrogen (secondary N) is 2. The number of carboxylic acid groups (broad SMARTS) is 1. The summed E-state index contributed by atoms with van der Waals surface area (Å²) in [4.78, 5) is 25.4. The zero-order chi connectivity index (χ0) is 18.5. The second kappa shape index (κ2) is 7.62. The molecular weight excluding hydrogens is 338 g/mol. The van der Waals surface area contributed by atoms with Crippen molar-refractivity contribution in [1.29, 1.82) is 0 Å². The normalized spacial score (nSPS) is 12.5. The lowest BCUT2D eigenvalue weighted by Crippen LogP contribution is -2.14. The number of fused-ring (bicyclic) bond motifs is 1. The Balaban J connectivity index is 1.91. The smallest absolute Gasteiger partial charge is 0.303 e. The van der Waals surface area contributed by atoms with Gasteiger partial charge in [0, 0.05) is 23.7 Å². The topological polar surface area (TPSA) is 133 Å². The number of carboxylic acids is 1. The molecule has 0 saturated heterocycles. The molecule has 4 N–H and O–H groups in total. The number of para-hydroxylation sites is 1. The molecule has 2 heterocycles. The molecule has 0 bridgehead atoms. The number of hydrogen-bond acceptors (Lipinski definition) is 5. The van der Waals surface area contributed by atoms with Gasteiger partial charge in [-0.05, 0) is 30.0 Å². The average Bonchev–Trinajstić information content (AvgIpc) is 3.26. The van der Waals surface area contributed by atoms with Crippen LogP contribution in [0.1, 0.15) is 30.3 Å². The number of aromatic nitrogens is 4. The molecule has 0 fully saturated rings. The van der Waals surface area contributed by atoms with Crippen molar-refractivity contribution in [2.75, 3.05) is 0 Å². The van der Waals surface area contributed by atoms with Gasteiger partial charge in [0.05, 0.1) is 12.2 Å². The molecule has 1 unspecified atom stereocenters. The molecule has 0 saturated carbocycles. The van der Waals surface area contributed by atoms with Crippen LogP contribution in [-0.2, 0) is 9.59 Å². The summed E-state index contributed by atoms with van der Waals surface area (Å²) in [7, 11) is 0. The molecule has 3 rings (SSSR count). The SMILES string of the molecule is O=C(O)CCC(c1cc2ccccc2[nH]1)n1cc(/C=C/C(=O)NO)nn1. The van der Waals surface area contributed by atoms with Crippen LogP contribution in [0.25, 0.3) is 17.0 Å². The molecular formula is C17H17N5O4. The standard InChI is InChI=1S/C17H17N5O4/c23-16(20-26)7-5-12-10-22(21-19-12)15(6-8-17(24)25)14-9-11-3-1-2-4-13(11)18-14/h1-5,7,9-10,15,18,26H,6,8H2,(H,20,23)(H,24,25)/b7-5+. The van der Waals surface area contributed by atoms with Crippen molar-refractivity contribution in [2.45, 2.75) is 18.9 Å². The molecule has 9 heteroatoms. The molecule has 0 radical (unpaired) electrons. The number of nitrogens with zero attached hydrogens (tertiary/aromatic N) is 3. The number of amides is 1. The van der Waals surface area contributed by atoms with Gasteiger partial charge in [0.1, 0.15) is 5.69 Å². The third kappa shape index (κ3) is 3.95. The van der Waals surface area contributed by atoms with Crippen LogP contribution in [-0.4, -0.2) is 42.2 Å². The Morgan fingerprint density at radius 3 is 2.88 bits per heavy atom. The molecule has 0 aliphatic heterocycles. The fraction of sp³-hybridized carbons (Fsp3) is 0.176. The summed E-state index contributed by atoms with van der Waals surface area (Å²) >= 11 is 0. The number of carbonyl (C=O) groups excluding carboxylic acids is 1. The second-order valence-electron chi connectivity index (χ2n) is 5.69. The highest BCUT2D eigenvalue weighted by Gasteiger charge is 2.19. The molecule has 1 amide bonds. The van der Waals surface area contributed by atoms with Gasteiger partial charge in [-0.25, -0.2) is 10.2 Å². The summed E-state index contributed by atoms with van der Waals surface area (Å²) < 4.78 is 1.56. The van der Waals surface area contributed by atoms with Crippen molar-refractivity contribution < 1.29 is 19.9 Å². The summed E-state index contributed by atoms with van der Waals surface area (Å²) in [6, 6.07) is 9.36. The number of aliphatic carboxylic acids is 1. The molecule has 1 aromatic carbocycles. The Morgan fingerprint density at radius 1 is 1.35 bits per heavy atom. The summed E-state index contributed by atoms with van der Waals surface area (Å²) in [5.41, 5.74) is 3.66. The predicted molar refractivity (Wildman–Crippen MR) is 92.3 cm³/mol. The molecule has 1 atom stereocenters. The van der Waals surface area contributed by atoms with E-state index in [1.54, 1.807) is 10.9 Å². The van der Waals surface area contributed by atoms with E-state index in [1.807, 2.05) is 30.3 Å². The Morgan fingerprint density at radius 2 is 2.15 bits per heavy atom. The first-order valence-corrected chi connectivity index (χ1v) is 7.90. The quantitative estimate of drug-likeness (QED) is 0.290. The molecule has 0 aliphatic rings. The van der Waals surface area contributed by atoms with E-state index >= 15 is 0 Å². The minimum absolute atomic E-state index is 0.0298. The molecule has 3 aromatic rings. The Kier molecular flexibility index (Phi) is 5.09. The minimum atomic E-state index is -0.897. The summed E-state index contributed by atoms with van der Waals surface area (Å²) in [6.07, 6.45) is 4.42. The highest BCUT2D eigenvalue weighted by atomic mass is 16.5. The number of rotatable bonds is 7. The summed E-state index contributed by atoms with van der Waals surface area (Å²) in [5.74, 6) is -1.58. The van der Waals surface area contributed by atoms with Crippen LogP contribution in [0.3, 0.4) is 0 Å². The fourth-order valence-electron chi connectivity index (χ4n) is 2.68. The van der Waals surface area contributed by atoms with E-state index in [-0.39, 0.29) is 12.5 Å². The van der Waals surface area contributed by atoms with Gasteiger partial charge in [-0.3, -0.25) is 14.8 Å². The summed E-state index contributed by atoms with van der Waals surface area (Å²) in [5, 5.41) is 26.6. The summed E-state index contributed by atoms with van der Waals surface area (Å²) in [6.45, 7) is 0. The highest BCUT2D eigenvalue weighted by Crippen LogP contribution is 2.26. The molecule has 2 aromatic heterocycles. The van der Waals surface area contributed by atoms with Crippen LogP contribution in [0.4, 0.5) is 0 Å². The van der Waals surface area contributed by atoms with Crippen molar-refractivity contribution in [3.63, 3.8) is 0 Å². The third-order valence-electron chi connectivity index (χ3n) is 3.90. The van der Waals surface area contributed by atoms with Crippen molar-refractivity contribution in [1.82, 2.24) is 25.5 Å². The van der Waals surface area contributed by atoms with E-state index < -0.39 is 11.9 Å². The van der Waals surface area contributed by atoms with Gasteiger partial charge in [0.15, 0.2) is 0 Å². The first-order valence-electron chi connectivity index (χ1n) is 7.90. The Hall–Kier alpha value is -3.46. The second-order valence-corrected chi connectivity index (χ2v) is 5.69. The molecule has 26 heavy (non-hydrogen) atoms. The van der Waals surface area contributed by atoms with E-state index in [0.29, 0.717) is 12.1 Å². The number of hydroxylamine groups is 1. The minimum Gasteiger partial charge on any atom is -0.481 e. The number of carbonyl (C=O) groups is 2. The van der Waals surface area contributed by atoms with Gasteiger partial charge in [0.25, 0.3) is 5.91 Å².